The van der Waals surface area contributed by atoms with Gasteiger partial charge in [-0.1, -0.05) is 23.4 Å². The van der Waals surface area contributed by atoms with Crippen LogP contribution in [0.25, 0.3) is 11.4 Å². The summed E-state index contributed by atoms with van der Waals surface area (Å²) in [5, 5.41) is 6.65. The summed E-state index contributed by atoms with van der Waals surface area (Å²) < 4.78 is 10.8. The predicted molar refractivity (Wildman–Crippen MR) is 83.9 cm³/mol. The zero-order chi connectivity index (χ0) is 16.4. The number of ether oxygens (including phenoxy) is 1. The molecule has 24 heavy (non-hydrogen) atoms. The zero-order valence-electron chi connectivity index (χ0n) is 12.7. The lowest BCUT2D eigenvalue weighted by atomic mass is 10.1. The molecule has 1 amide bonds. The van der Waals surface area contributed by atoms with Gasteiger partial charge in [-0.15, -0.1) is 0 Å². The van der Waals surface area contributed by atoms with Gasteiger partial charge in [0.25, 0.3) is 5.91 Å². The van der Waals surface area contributed by atoms with Crippen LogP contribution in [0.3, 0.4) is 0 Å². The summed E-state index contributed by atoms with van der Waals surface area (Å²) in [6, 6.07) is 11.3. The Kier molecular flexibility index (Phi) is 3.66. The van der Waals surface area contributed by atoms with E-state index in [2.05, 4.69) is 20.4 Å². The quantitative estimate of drug-likeness (QED) is 0.787. The lowest BCUT2D eigenvalue weighted by molar-refractivity contribution is -0.127. The van der Waals surface area contributed by atoms with Crippen molar-refractivity contribution in [2.45, 2.75) is 19.1 Å². The zero-order valence-corrected chi connectivity index (χ0v) is 12.7. The topological polar surface area (TPSA) is 90.1 Å². The molecule has 0 saturated heterocycles. The highest BCUT2D eigenvalue weighted by Crippen LogP contribution is 2.28. The molecular formula is C17H14N4O3. The lowest BCUT2D eigenvalue weighted by Crippen LogP contribution is -2.37. The van der Waals surface area contributed by atoms with Gasteiger partial charge in [-0.2, -0.15) is 4.98 Å². The fraction of sp³-hybridized carbons (Fsp3) is 0.176. The highest BCUT2D eigenvalue weighted by molar-refractivity contribution is 5.82. The first-order chi connectivity index (χ1) is 11.8. The molecule has 1 aromatic carbocycles. The summed E-state index contributed by atoms with van der Waals surface area (Å²) in [5.74, 6) is 1.33. The smallest absolute Gasteiger partial charge is 0.261 e. The van der Waals surface area contributed by atoms with E-state index in [1.807, 2.05) is 30.3 Å². The van der Waals surface area contributed by atoms with Crippen LogP contribution in [0.1, 0.15) is 11.5 Å². The normalized spacial score (nSPS) is 15.6. The Morgan fingerprint density at radius 1 is 1.25 bits per heavy atom. The van der Waals surface area contributed by atoms with Crippen molar-refractivity contribution in [3.63, 3.8) is 0 Å². The van der Waals surface area contributed by atoms with Crippen LogP contribution in [0.2, 0.25) is 0 Å². The molecule has 0 fully saturated rings. The first kappa shape index (κ1) is 14.4. The molecule has 1 aliphatic rings. The number of nitrogens with one attached hydrogen (secondary N) is 1. The molecule has 2 aromatic heterocycles. The Morgan fingerprint density at radius 2 is 2.17 bits per heavy atom. The molecule has 0 saturated carbocycles. The van der Waals surface area contributed by atoms with Crippen LogP contribution in [0.4, 0.5) is 0 Å². The first-order valence-corrected chi connectivity index (χ1v) is 7.55. The summed E-state index contributed by atoms with van der Waals surface area (Å²) >= 11 is 0. The molecule has 3 aromatic rings. The summed E-state index contributed by atoms with van der Waals surface area (Å²) in [4.78, 5) is 20.5. The maximum absolute atomic E-state index is 12.2. The van der Waals surface area contributed by atoms with E-state index in [1.54, 1.807) is 18.5 Å². The molecule has 1 unspecified atom stereocenters. The summed E-state index contributed by atoms with van der Waals surface area (Å²) in [7, 11) is 0. The monoisotopic (exact) mass is 322 g/mol. The Morgan fingerprint density at radius 3 is 3.00 bits per heavy atom. The number of fused-ring (bicyclic) bond motifs is 1. The van der Waals surface area contributed by atoms with Crippen LogP contribution >= 0.6 is 0 Å². The van der Waals surface area contributed by atoms with Crippen LogP contribution in [0.5, 0.6) is 5.75 Å². The van der Waals surface area contributed by atoms with Gasteiger partial charge >= 0.3 is 0 Å². The number of amides is 1. The van der Waals surface area contributed by atoms with Crippen molar-refractivity contribution in [1.82, 2.24) is 20.4 Å². The number of pyridine rings is 1. The largest absolute Gasteiger partial charge is 0.480 e. The minimum absolute atomic E-state index is 0.155. The molecule has 0 bridgehead atoms. The molecule has 4 rings (SSSR count). The molecule has 120 valence electrons. The van der Waals surface area contributed by atoms with Crippen molar-refractivity contribution in [2.24, 2.45) is 0 Å². The van der Waals surface area contributed by atoms with E-state index in [-0.39, 0.29) is 12.5 Å². The second-order valence-electron chi connectivity index (χ2n) is 5.39. The summed E-state index contributed by atoms with van der Waals surface area (Å²) in [5.41, 5.74) is 1.79. The van der Waals surface area contributed by atoms with E-state index in [0.717, 1.165) is 16.9 Å². The third kappa shape index (κ3) is 2.83. The predicted octanol–water partition coefficient (Wildman–Crippen LogP) is 1.75. The molecule has 0 aliphatic carbocycles. The maximum Gasteiger partial charge on any atom is 0.261 e. The minimum Gasteiger partial charge on any atom is -0.480 e. The number of benzene rings is 1. The average molecular weight is 322 g/mol. The standard InChI is InChI=1S/C17H14N4O3/c22-17(14-8-11-4-1-2-6-13(11)23-14)19-10-15-20-16(21-24-15)12-5-3-7-18-9-12/h1-7,9,14H,8,10H2,(H,19,22). The number of aromatic nitrogens is 3. The number of rotatable bonds is 4. The van der Waals surface area contributed by atoms with Crippen molar-refractivity contribution in [1.29, 1.82) is 0 Å². The fourth-order valence-corrected chi connectivity index (χ4v) is 2.54. The van der Waals surface area contributed by atoms with E-state index in [0.29, 0.717) is 18.1 Å². The first-order valence-electron chi connectivity index (χ1n) is 7.55. The number of hydrogen-bond donors (Lipinski definition) is 1. The molecule has 7 nitrogen and oxygen atoms in total. The molecule has 0 radical (unpaired) electrons. The van der Waals surface area contributed by atoms with Gasteiger partial charge in [0.1, 0.15) is 5.75 Å². The number of nitrogens with zero attached hydrogens (tertiary/aromatic N) is 3. The van der Waals surface area contributed by atoms with Gasteiger partial charge < -0.3 is 14.6 Å². The van der Waals surface area contributed by atoms with Gasteiger partial charge in [-0.25, -0.2) is 0 Å². The molecule has 1 atom stereocenters. The Labute approximate surface area is 137 Å². The Bertz CT molecular complexity index is 838. The SMILES string of the molecule is O=C(NCc1nc(-c2cccnc2)no1)C1Cc2ccccc2O1. The summed E-state index contributed by atoms with van der Waals surface area (Å²) in [6.45, 7) is 0.155. The second kappa shape index (κ2) is 6.11. The van der Waals surface area contributed by atoms with Crippen molar-refractivity contribution in [3.8, 4) is 17.1 Å². The Hall–Kier alpha value is -3.22. The molecule has 1 aliphatic heterocycles. The number of para-hydroxylation sites is 1. The van der Waals surface area contributed by atoms with Crippen molar-refractivity contribution >= 4 is 5.91 Å². The highest BCUT2D eigenvalue weighted by Gasteiger charge is 2.28. The number of hydrogen-bond acceptors (Lipinski definition) is 6. The van der Waals surface area contributed by atoms with E-state index < -0.39 is 6.10 Å². The van der Waals surface area contributed by atoms with E-state index in [1.165, 1.54) is 0 Å². The van der Waals surface area contributed by atoms with E-state index >= 15 is 0 Å². The van der Waals surface area contributed by atoms with Gasteiger partial charge in [0.2, 0.25) is 11.7 Å². The van der Waals surface area contributed by atoms with Crippen molar-refractivity contribution in [3.05, 3.63) is 60.2 Å². The number of carbonyl (C=O) groups excluding carboxylic acids is 1. The van der Waals surface area contributed by atoms with Crippen LogP contribution in [0, 0.1) is 0 Å². The van der Waals surface area contributed by atoms with Crippen LogP contribution in [0.15, 0.2) is 53.3 Å². The van der Waals surface area contributed by atoms with Crippen LogP contribution in [-0.4, -0.2) is 27.1 Å². The Balaban J connectivity index is 1.36. The average Bonchev–Trinajstić information content (AvgIpc) is 3.27. The van der Waals surface area contributed by atoms with Crippen molar-refractivity contribution in [2.75, 3.05) is 0 Å². The van der Waals surface area contributed by atoms with Crippen LogP contribution < -0.4 is 10.1 Å². The van der Waals surface area contributed by atoms with Gasteiger partial charge in [0.15, 0.2) is 6.10 Å². The van der Waals surface area contributed by atoms with E-state index in [9.17, 15) is 4.79 Å². The summed E-state index contributed by atoms with van der Waals surface area (Å²) in [6.07, 6.45) is 3.36. The van der Waals surface area contributed by atoms with Gasteiger partial charge in [0.05, 0.1) is 6.54 Å². The third-order valence-corrected chi connectivity index (χ3v) is 3.74. The molecule has 0 spiro atoms. The van der Waals surface area contributed by atoms with Gasteiger partial charge in [-0.3, -0.25) is 9.78 Å². The lowest BCUT2D eigenvalue weighted by Gasteiger charge is -2.09. The van der Waals surface area contributed by atoms with Gasteiger partial charge in [0, 0.05) is 24.4 Å². The number of carbonyl (C=O) groups is 1. The molecular weight excluding hydrogens is 308 g/mol. The second-order valence-corrected chi connectivity index (χ2v) is 5.39. The van der Waals surface area contributed by atoms with Crippen molar-refractivity contribution < 1.29 is 14.1 Å². The van der Waals surface area contributed by atoms with E-state index in [4.69, 9.17) is 9.26 Å². The van der Waals surface area contributed by atoms with Crippen LogP contribution in [-0.2, 0) is 17.8 Å². The maximum atomic E-state index is 12.2. The minimum atomic E-state index is -0.525. The molecule has 7 heteroatoms. The molecule has 1 N–H and O–H groups in total. The molecule has 3 heterocycles. The van der Waals surface area contributed by atoms with Gasteiger partial charge in [-0.05, 0) is 23.8 Å². The fourth-order valence-electron chi connectivity index (χ4n) is 2.54. The highest BCUT2D eigenvalue weighted by atomic mass is 16.5. The third-order valence-electron chi connectivity index (χ3n) is 3.74.